The molecule has 0 atom stereocenters. The van der Waals surface area contributed by atoms with E-state index in [0.29, 0.717) is 0 Å². The maximum absolute atomic E-state index is 4.39. The number of halogens is 1. The molecule has 0 aliphatic carbocycles. The van der Waals surface area contributed by atoms with Crippen LogP contribution in [0.1, 0.15) is 5.56 Å². The second-order valence-electron chi connectivity index (χ2n) is 4.54. The average Bonchev–Trinajstić information content (AvgIpc) is 2.89. The number of H-pyrrole nitrogens is 1. The fraction of sp³-hybridized carbons (Fsp3) is 0.0625. The number of hydrogen-bond acceptors (Lipinski definition) is 1. The molecule has 0 bridgehead atoms. The van der Waals surface area contributed by atoms with Crippen LogP contribution in [0.2, 0.25) is 0 Å². The zero-order valence-corrected chi connectivity index (χ0v) is 12.1. The van der Waals surface area contributed by atoms with Crippen LogP contribution in [0.4, 0.5) is 0 Å². The average molecular weight is 313 g/mol. The topological polar surface area (TPSA) is 28.7 Å². The van der Waals surface area contributed by atoms with Crippen molar-refractivity contribution in [3.05, 3.63) is 64.6 Å². The number of nitrogens with zero attached hydrogens (tertiary/aromatic N) is 1. The summed E-state index contributed by atoms with van der Waals surface area (Å²) in [6.07, 6.45) is 0. The lowest BCUT2D eigenvalue weighted by Crippen LogP contribution is -1.78. The van der Waals surface area contributed by atoms with Crippen molar-refractivity contribution in [2.24, 2.45) is 0 Å². The van der Waals surface area contributed by atoms with Crippen molar-refractivity contribution in [1.82, 2.24) is 10.2 Å². The molecule has 19 heavy (non-hydrogen) atoms. The van der Waals surface area contributed by atoms with Gasteiger partial charge in [-0.25, -0.2) is 0 Å². The van der Waals surface area contributed by atoms with E-state index in [1.165, 1.54) is 5.56 Å². The van der Waals surface area contributed by atoms with Gasteiger partial charge in [0.25, 0.3) is 0 Å². The van der Waals surface area contributed by atoms with Crippen LogP contribution in [0, 0.1) is 6.92 Å². The van der Waals surface area contributed by atoms with E-state index in [0.717, 1.165) is 27.0 Å². The third-order valence-electron chi connectivity index (χ3n) is 3.05. The third kappa shape index (κ3) is 2.61. The van der Waals surface area contributed by atoms with Crippen molar-refractivity contribution in [3.8, 4) is 22.5 Å². The Hall–Kier alpha value is -1.87. The first kappa shape index (κ1) is 12.2. The third-order valence-corrected chi connectivity index (χ3v) is 3.58. The number of aromatic nitrogens is 2. The summed E-state index contributed by atoms with van der Waals surface area (Å²) in [4.78, 5) is 0. The van der Waals surface area contributed by atoms with Crippen molar-refractivity contribution >= 4 is 15.9 Å². The Bertz CT molecular complexity index is 699. The second kappa shape index (κ2) is 5.02. The van der Waals surface area contributed by atoms with Crippen molar-refractivity contribution in [2.75, 3.05) is 0 Å². The molecule has 0 spiro atoms. The molecule has 0 saturated carbocycles. The predicted molar refractivity (Wildman–Crippen MR) is 81.9 cm³/mol. The molecule has 0 unspecified atom stereocenters. The van der Waals surface area contributed by atoms with Gasteiger partial charge in [0.15, 0.2) is 0 Å². The van der Waals surface area contributed by atoms with Gasteiger partial charge in [-0.3, -0.25) is 5.10 Å². The summed E-state index contributed by atoms with van der Waals surface area (Å²) in [6, 6.07) is 18.6. The summed E-state index contributed by atoms with van der Waals surface area (Å²) >= 11 is 3.44. The molecule has 1 aromatic heterocycles. The first-order chi connectivity index (χ1) is 9.22. The van der Waals surface area contributed by atoms with E-state index in [2.05, 4.69) is 75.5 Å². The van der Waals surface area contributed by atoms with E-state index < -0.39 is 0 Å². The van der Waals surface area contributed by atoms with Gasteiger partial charge in [-0.1, -0.05) is 51.8 Å². The van der Waals surface area contributed by atoms with E-state index in [9.17, 15) is 0 Å². The van der Waals surface area contributed by atoms with Gasteiger partial charge in [-0.15, -0.1) is 0 Å². The molecular formula is C16H13BrN2. The minimum absolute atomic E-state index is 0.974. The monoisotopic (exact) mass is 312 g/mol. The highest BCUT2D eigenvalue weighted by atomic mass is 79.9. The van der Waals surface area contributed by atoms with Crippen LogP contribution in [-0.4, -0.2) is 10.2 Å². The summed E-state index contributed by atoms with van der Waals surface area (Å²) in [5.74, 6) is 0. The zero-order valence-electron chi connectivity index (χ0n) is 10.5. The smallest absolute Gasteiger partial charge is 0.0927 e. The van der Waals surface area contributed by atoms with Gasteiger partial charge in [-0.05, 0) is 36.8 Å². The Kier molecular flexibility index (Phi) is 3.22. The fourth-order valence-corrected chi connectivity index (χ4v) is 2.32. The minimum Gasteiger partial charge on any atom is -0.277 e. The highest BCUT2D eigenvalue weighted by molar-refractivity contribution is 9.10. The Labute approximate surface area is 120 Å². The lowest BCUT2D eigenvalue weighted by Gasteiger charge is -1.97. The summed E-state index contributed by atoms with van der Waals surface area (Å²) in [7, 11) is 0. The molecule has 94 valence electrons. The highest BCUT2D eigenvalue weighted by Gasteiger charge is 2.05. The number of nitrogens with one attached hydrogen (secondary N) is 1. The molecule has 2 aromatic carbocycles. The van der Waals surface area contributed by atoms with Crippen LogP contribution in [-0.2, 0) is 0 Å². The van der Waals surface area contributed by atoms with Crippen LogP contribution in [0.3, 0.4) is 0 Å². The van der Waals surface area contributed by atoms with E-state index >= 15 is 0 Å². The molecule has 3 aromatic rings. The van der Waals surface area contributed by atoms with Gasteiger partial charge in [0.1, 0.15) is 0 Å². The molecule has 3 rings (SSSR count). The van der Waals surface area contributed by atoms with Gasteiger partial charge < -0.3 is 0 Å². The van der Waals surface area contributed by atoms with Crippen molar-refractivity contribution in [1.29, 1.82) is 0 Å². The molecule has 2 nitrogen and oxygen atoms in total. The van der Waals surface area contributed by atoms with Gasteiger partial charge in [0.05, 0.1) is 11.4 Å². The maximum Gasteiger partial charge on any atom is 0.0927 e. The van der Waals surface area contributed by atoms with Crippen LogP contribution >= 0.6 is 15.9 Å². The van der Waals surface area contributed by atoms with Crippen molar-refractivity contribution in [3.63, 3.8) is 0 Å². The molecule has 0 radical (unpaired) electrons. The normalized spacial score (nSPS) is 10.6. The number of benzene rings is 2. The first-order valence-electron chi connectivity index (χ1n) is 6.11. The fourth-order valence-electron chi connectivity index (χ4n) is 2.05. The standard InChI is InChI=1S/C16H13BrN2/c1-11-3-2-4-13(9-11)16-10-15(18-19-16)12-5-7-14(17)8-6-12/h2-10H,1H3,(H,18,19). The number of rotatable bonds is 2. The van der Waals surface area contributed by atoms with Crippen LogP contribution < -0.4 is 0 Å². The first-order valence-corrected chi connectivity index (χ1v) is 6.90. The largest absolute Gasteiger partial charge is 0.277 e. The Morgan fingerprint density at radius 1 is 0.947 bits per heavy atom. The van der Waals surface area contributed by atoms with Gasteiger partial charge in [0, 0.05) is 10.0 Å². The lowest BCUT2D eigenvalue weighted by atomic mass is 10.1. The maximum atomic E-state index is 4.39. The summed E-state index contributed by atoms with van der Waals surface area (Å²) in [5.41, 5.74) is 5.52. The molecule has 0 aliphatic heterocycles. The molecule has 1 N–H and O–H groups in total. The van der Waals surface area contributed by atoms with E-state index in [1.54, 1.807) is 0 Å². The lowest BCUT2D eigenvalue weighted by molar-refractivity contribution is 1.10. The molecular weight excluding hydrogens is 300 g/mol. The van der Waals surface area contributed by atoms with E-state index in [1.807, 2.05) is 12.1 Å². The quantitative estimate of drug-likeness (QED) is 0.722. The summed E-state index contributed by atoms with van der Waals surface area (Å²) in [6.45, 7) is 2.09. The van der Waals surface area contributed by atoms with Gasteiger partial charge >= 0.3 is 0 Å². The summed E-state index contributed by atoms with van der Waals surface area (Å²) in [5, 5.41) is 7.48. The molecule has 0 amide bonds. The SMILES string of the molecule is Cc1cccc(-c2cc(-c3ccc(Br)cc3)[nH]n2)c1. The second-order valence-corrected chi connectivity index (χ2v) is 5.46. The summed E-state index contributed by atoms with van der Waals surface area (Å²) < 4.78 is 1.08. The van der Waals surface area contributed by atoms with Crippen molar-refractivity contribution < 1.29 is 0 Å². The van der Waals surface area contributed by atoms with Crippen molar-refractivity contribution in [2.45, 2.75) is 6.92 Å². The Morgan fingerprint density at radius 3 is 2.47 bits per heavy atom. The zero-order chi connectivity index (χ0) is 13.2. The van der Waals surface area contributed by atoms with E-state index in [4.69, 9.17) is 0 Å². The molecule has 0 saturated heterocycles. The predicted octanol–water partition coefficient (Wildman–Crippen LogP) is 4.81. The Morgan fingerprint density at radius 2 is 1.74 bits per heavy atom. The molecule has 0 aliphatic rings. The minimum atomic E-state index is 0.974. The molecule has 3 heteroatoms. The number of aromatic amines is 1. The highest BCUT2D eigenvalue weighted by Crippen LogP contribution is 2.25. The molecule has 0 fully saturated rings. The van der Waals surface area contributed by atoms with Crippen LogP contribution in [0.5, 0.6) is 0 Å². The Balaban J connectivity index is 1.97. The molecule has 1 heterocycles. The van der Waals surface area contributed by atoms with E-state index in [-0.39, 0.29) is 0 Å². The van der Waals surface area contributed by atoms with Crippen LogP contribution in [0.15, 0.2) is 59.1 Å². The number of hydrogen-bond donors (Lipinski definition) is 1. The van der Waals surface area contributed by atoms with Crippen LogP contribution in [0.25, 0.3) is 22.5 Å². The van der Waals surface area contributed by atoms with Gasteiger partial charge in [0.2, 0.25) is 0 Å². The van der Waals surface area contributed by atoms with Gasteiger partial charge in [-0.2, -0.15) is 5.10 Å². The number of aryl methyl sites for hydroxylation is 1.